The smallest absolute Gasteiger partial charge is 0.329 e. The highest BCUT2D eigenvalue weighted by Gasteiger charge is 2.49. The van der Waals surface area contributed by atoms with Gasteiger partial charge in [0.15, 0.2) is 0 Å². The van der Waals surface area contributed by atoms with Gasteiger partial charge in [0, 0.05) is 10.4 Å². The molecule has 21 heavy (non-hydrogen) atoms. The quantitative estimate of drug-likeness (QED) is 0.875. The Morgan fingerprint density at radius 3 is 2.62 bits per heavy atom. The van der Waals surface area contributed by atoms with Gasteiger partial charge >= 0.3 is 5.97 Å². The summed E-state index contributed by atoms with van der Waals surface area (Å²) in [6.07, 6.45) is 3.63. The number of carbonyl (C=O) groups excluding carboxylic acids is 1. The number of hydrogen-bond acceptors (Lipinski definition) is 2. The van der Waals surface area contributed by atoms with Crippen molar-refractivity contribution in [3.8, 4) is 0 Å². The van der Waals surface area contributed by atoms with E-state index in [1.165, 1.54) is 0 Å². The fourth-order valence-electron chi connectivity index (χ4n) is 3.29. The average molecular weight is 352 g/mol. The number of rotatable bonds is 4. The minimum Gasteiger partial charge on any atom is -0.480 e. The van der Waals surface area contributed by atoms with Crippen LogP contribution in [0, 0.1) is 5.92 Å². The van der Waals surface area contributed by atoms with Gasteiger partial charge in [0.05, 0.1) is 0 Å². The summed E-state index contributed by atoms with van der Waals surface area (Å²) in [5.41, 5.74) is 0.113. The molecule has 1 aromatic carbocycles. The number of carbonyl (C=O) groups is 2. The molecule has 0 aliphatic heterocycles. The van der Waals surface area contributed by atoms with Crippen molar-refractivity contribution in [2.75, 3.05) is 0 Å². The molecule has 0 radical (unpaired) electrons. The number of hydrogen-bond donors (Lipinski definition) is 2. The molecule has 112 valence electrons. The lowest BCUT2D eigenvalue weighted by atomic mass is 9.97. The van der Waals surface area contributed by atoms with Crippen LogP contribution in [0.25, 0.3) is 0 Å². The third kappa shape index (κ3) is 2.84. The number of carboxylic acid groups (broad SMARTS) is 1. The predicted molar refractivity (Wildman–Crippen MR) is 82.0 cm³/mol. The fourth-order valence-corrected chi connectivity index (χ4v) is 3.71. The Morgan fingerprint density at radius 2 is 2.00 bits per heavy atom. The minimum absolute atomic E-state index is 0.0869. The van der Waals surface area contributed by atoms with E-state index >= 15 is 0 Å². The van der Waals surface area contributed by atoms with E-state index in [0.717, 1.165) is 29.3 Å². The Labute approximate surface area is 132 Å². The van der Waals surface area contributed by atoms with E-state index in [1.807, 2.05) is 24.3 Å². The van der Waals surface area contributed by atoms with E-state index < -0.39 is 11.5 Å². The van der Waals surface area contributed by atoms with Crippen LogP contribution in [0.5, 0.6) is 0 Å². The van der Waals surface area contributed by atoms with Crippen molar-refractivity contribution in [1.29, 1.82) is 0 Å². The molecule has 1 amide bonds. The van der Waals surface area contributed by atoms with Gasteiger partial charge in [-0.3, -0.25) is 4.79 Å². The maximum absolute atomic E-state index is 12.4. The van der Waals surface area contributed by atoms with Crippen LogP contribution in [0.3, 0.4) is 0 Å². The molecule has 2 unspecified atom stereocenters. The van der Waals surface area contributed by atoms with Crippen molar-refractivity contribution in [1.82, 2.24) is 5.32 Å². The van der Waals surface area contributed by atoms with Crippen molar-refractivity contribution in [3.05, 3.63) is 34.3 Å². The van der Waals surface area contributed by atoms with E-state index in [2.05, 4.69) is 21.2 Å². The first-order chi connectivity index (χ1) is 10.0. The topological polar surface area (TPSA) is 66.4 Å². The molecule has 0 aromatic heterocycles. The van der Waals surface area contributed by atoms with Gasteiger partial charge in [0.25, 0.3) is 0 Å². The molecule has 2 aliphatic rings. The van der Waals surface area contributed by atoms with Gasteiger partial charge in [-0.05, 0) is 42.9 Å². The van der Waals surface area contributed by atoms with Crippen LogP contribution in [0.4, 0.5) is 0 Å². The van der Waals surface area contributed by atoms with Gasteiger partial charge in [-0.1, -0.05) is 40.9 Å². The molecule has 0 saturated heterocycles. The van der Waals surface area contributed by atoms with Crippen molar-refractivity contribution < 1.29 is 14.7 Å². The first-order valence-corrected chi connectivity index (χ1v) is 8.12. The Morgan fingerprint density at radius 1 is 1.29 bits per heavy atom. The van der Waals surface area contributed by atoms with Crippen molar-refractivity contribution in [2.45, 2.75) is 43.6 Å². The zero-order chi connectivity index (χ0) is 15.0. The first kappa shape index (κ1) is 14.6. The van der Waals surface area contributed by atoms with Crippen LogP contribution in [-0.4, -0.2) is 22.5 Å². The van der Waals surface area contributed by atoms with E-state index in [-0.39, 0.29) is 17.7 Å². The Hall–Kier alpha value is -1.36. The zero-order valence-electron chi connectivity index (χ0n) is 11.6. The Bertz CT molecular complexity index is 581. The van der Waals surface area contributed by atoms with Gasteiger partial charge in [-0.2, -0.15) is 0 Å². The predicted octanol–water partition coefficient (Wildman–Crippen LogP) is 3.07. The van der Waals surface area contributed by atoms with Crippen LogP contribution in [0.15, 0.2) is 28.7 Å². The second-order valence-electron chi connectivity index (χ2n) is 6.09. The van der Waals surface area contributed by atoms with Crippen LogP contribution >= 0.6 is 15.9 Å². The molecule has 1 aromatic rings. The third-order valence-electron chi connectivity index (χ3n) is 4.63. The summed E-state index contributed by atoms with van der Waals surface area (Å²) in [6, 6.07) is 7.97. The summed E-state index contributed by atoms with van der Waals surface area (Å²) in [5, 5.41) is 12.2. The molecule has 2 fully saturated rings. The summed E-state index contributed by atoms with van der Waals surface area (Å²) < 4.78 is 1.00. The monoisotopic (exact) mass is 351 g/mol. The van der Waals surface area contributed by atoms with Gasteiger partial charge < -0.3 is 10.4 Å². The maximum Gasteiger partial charge on any atom is 0.329 e. The minimum atomic E-state index is -1.03. The van der Waals surface area contributed by atoms with Crippen molar-refractivity contribution >= 4 is 27.8 Å². The van der Waals surface area contributed by atoms with Crippen molar-refractivity contribution in [2.24, 2.45) is 5.92 Å². The zero-order valence-corrected chi connectivity index (χ0v) is 13.2. The molecule has 2 saturated carbocycles. The highest BCUT2D eigenvalue weighted by molar-refractivity contribution is 9.10. The van der Waals surface area contributed by atoms with Crippen LogP contribution < -0.4 is 5.32 Å². The maximum atomic E-state index is 12.4. The Balaban J connectivity index is 1.66. The van der Waals surface area contributed by atoms with Crippen LogP contribution in [0.1, 0.15) is 43.6 Å². The van der Waals surface area contributed by atoms with E-state index in [0.29, 0.717) is 12.8 Å². The third-order valence-corrected chi connectivity index (χ3v) is 5.13. The number of carboxylic acids is 1. The van der Waals surface area contributed by atoms with E-state index in [9.17, 15) is 14.7 Å². The van der Waals surface area contributed by atoms with Gasteiger partial charge in [-0.25, -0.2) is 4.79 Å². The van der Waals surface area contributed by atoms with Crippen LogP contribution in [-0.2, 0) is 9.59 Å². The summed E-state index contributed by atoms with van der Waals surface area (Å²) in [7, 11) is 0. The highest BCUT2D eigenvalue weighted by atomic mass is 79.9. The normalized spacial score (nSPS) is 26.3. The van der Waals surface area contributed by atoms with Crippen molar-refractivity contribution in [3.63, 3.8) is 0 Å². The number of amides is 1. The largest absolute Gasteiger partial charge is 0.480 e. The molecule has 0 heterocycles. The highest BCUT2D eigenvalue weighted by Crippen LogP contribution is 2.48. The second kappa shape index (κ2) is 5.44. The Kier molecular flexibility index (Phi) is 3.78. The number of benzene rings is 1. The molecule has 2 atom stereocenters. The first-order valence-electron chi connectivity index (χ1n) is 7.33. The summed E-state index contributed by atoms with van der Waals surface area (Å²) >= 11 is 3.44. The molecular weight excluding hydrogens is 334 g/mol. The van der Waals surface area contributed by atoms with Gasteiger partial charge in [-0.15, -0.1) is 0 Å². The standard InChI is InChI=1S/C16H18BrNO3/c17-11-5-3-4-10(8-11)12-9-13(12)14(19)18-16(15(20)21)6-1-2-7-16/h3-5,8,12-13H,1-2,6-7,9H2,(H,18,19)(H,20,21). The summed E-state index contributed by atoms with van der Waals surface area (Å²) in [6.45, 7) is 0. The molecular formula is C16H18BrNO3. The molecule has 4 nitrogen and oxygen atoms in total. The second-order valence-corrected chi connectivity index (χ2v) is 7.00. The number of nitrogens with one attached hydrogen (secondary N) is 1. The molecule has 2 N–H and O–H groups in total. The van der Waals surface area contributed by atoms with E-state index in [1.54, 1.807) is 0 Å². The number of halogens is 1. The van der Waals surface area contributed by atoms with Gasteiger partial charge in [0.2, 0.25) is 5.91 Å². The molecule has 0 spiro atoms. The lowest BCUT2D eigenvalue weighted by molar-refractivity contribution is -0.147. The molecule has 0 bridgehead atoms. The lowest BCUT2D eigenvalue weighted by Crippen LogP contribution is -2.53. The molecule has 2 aliphatic carbocycles. The molecule has 5 heteroatoms. The van der Waals surface area contributed by atoms with E-state index in [4.69, 9.17) is 0 Å². The van der Waals surface area contributed by atoms with Gasteiger partial charge in [0.1, 0.15) is 5.54 Å². The number of aliphatic carboxylic acids is 1. The van der Waals surface area contributed by atoms with Crippen LogP contribution in [0.2, 0.25) is 0 Å². The summed E-state index contributed by atoms with van der Waals surface area (Å²) in [4.78, 5) is 23.8. The SMILES string of the molecule is O=C(NC1(C(=O)O)CCCC1)C1CC1c1cccc(Br)c1. The summed E-state index contributed by atoms with van der Waals surface area (Å²) in [5.74, 6) is -0.872. The molecule has 3 rings (SSSR count). The fraction of sp³-hybridized carbons (Fsp3) is 0.500. The average Bonchev–Trinajstić information content (AvgIpc) is 3.11. The lowest BCUT2D eigenvalue weighted by Gasteiger charge is -2.25.